The van der Waals surface area contributed by atoms with Crippen molar-refractivity contribution in [2.75, 3.05) is 0 Å². The third-order valence-corrected chi connectivity index (χ3v) is 4.58. The van der Waals surface area contributed by atoms with E-state index in [9.17, 15) is 18.0 Å². The molecule has 3 fully saturated rings. The fraction of sp³-hybridized carbons (Fsp3) is 0.533. The summed E-state index contributed by atoms with van der Waals surface area (Å²) in [7, 11) is 0. The number of carbonyl (C=O) groups excluding carboxylic acids is 1. The number of carbonyl (C=O) groups is 1. The molecule has 4 rings (SSSR count). The second-order valence-electron chi connectivity index (χ2n) is 6.19. The van der Waals surface area contributed by atoms with Crippen molar-refractivity contribution in [3.05, 3.63) is 35.4 Å². The first-order valence-corrected chi connectivity index (χ1v) is 7.18. The molecule has 21 heavy (non-hydrogen) atoms. The van der Waals surface area contributed by atoms with Gasteiger partial charge in [0.25, 0.3) is 0 Å². The van der Waals surface area contributed by atoms with Gasteiger partial charge >= 0.3 is 6.18 Å². The molecule has 1 aliphatic heterocycles. The van der Waals surface area contributed by atoms with Crippen molar-refractivity contribution in [2.24, 2.45) is 0 Å². The number of hydrogen-bond donors (Lipinski definition) is 1. The zero-order valence-corrected chi connectivity index (χ0v) is 11.3. The van der Waals surface area contributed by atoms with Gasteiger partial charge in [0.2, 0.25) is 5.91 Å². The van der Waals surface area contributed by atoms with Gasteiger partial charge in [0, 0.05) is 6.04 Å². The molecule has 0 radical (unpaired) electrons. The standard InChI is InChI=1S/C15H15F3N2O/c16-15(17,18)10-3-1-9(2-4-10)12-19-14(7-8-14)13(21)20(12)11-5-6-11/h1-4,11-12,19H,5-8H2. The second kappa shape index (κ2) is 4.00. The van der Waals surface area contributed by atoms with Crippen LogP contribution in [0, 0.1) is 0 Å². The summed E-state index contributed by atoms with van der Waals surface area (Å²) < 4.78 is 37.9. The number of benzene rings is 1. The fourth-order valence-electron chi connectivity index (χ4n) is 3.07. The van der Waals surface area contributed by atoms with Gasteiger partial charge in [-0.2, -0.15) is 13.2 Å². The predicted octanol–water partition coefficient (Wildman–Crippen LogP) is 2.83. The number of nitrogens with zero attached hydrogens (tertiary/aromatic N) is 1. The van der Waals surface area contributed by atoms with Crippen molar-refractivity contribution in [3.63, 3.8) is 0 Å². The molecule has 3 aliphatic rings. The van der Waals surface area contributed by atoms with Crippen molar-refractivity contribution >= 4 is 5.91 Å². The highest BCUT2D eigenvalue weighted by atomic mass is 19.4. The summed E-state index contributed by atoms with van der Waals surface area (Å²) in [4.78, 5) is 14.3. The molecule has 112 valence electrons. The van der Waals surface area contributed by atoms with E-state index in [0.717, 1.165) is 43.4 Å². The van der Waals surface area contributed by atoms with Crippen molar-refractivity contribution in [1.29, 1.82) is 0 Å². The Balaban J connectivity index is 1.64. The number of nitrogens with one attached hydrogen (secondary N) is 1. The Morgan fingerprint density at radius 3 is 2.24 bits per heavy atom. The van der Waals surface area contributed by atoms with Crippen molar-refractivity contribution in [3.8, 4) is 0 Å². The SMILES string of the molecule is O=C1N(C2CC2)C(c2ccc(C(F)(F)F)cc2)NC12CC2. The van der Waals surface area contributed by atoms with Gasteiger partial charge in [-0.15, -0.1) is 0 Å². The Morgan fingerprint density at radius 1 is 1.14 bits per heavy atom. The summed E-state index contributed by atoms with van der Waals surface area (Å²) >= 11 is 0. The number of rotatable bonds is 2. The molecule has 1 N–H and O–H groups in total. The van der Waals surface area contributed by atoms with E-state index in [-0.39, 0.29) is 18.1 Å². The molecule has 6 heteroatoms. The largest absolute Gasteiger partial charge is 0.416 e. The molecular formula is C15H15F3N2O. The van der Waals surface area contributed by atoms with Crippen LogP contribution in [-0.2, 0) is 11.0 Å². The molecule has 1 atom stereocenters. The Hall–Kier alpha value is -1.56. The van der Waals surface area contributed by atoms with E-state index in [0.29, 0.717) is 0 Å². The Labute approximate surface area is 120 Å². The van der Waals surface area contributed by atoms with Gasteiger partial charge in [-0.1, -0.05) is 12.1 Å². The van der Waals surface area contributed by atoms with Gasteiger partial charge in [0.05, 0.1) is 5.56 Å². The van der Waals surface area contributed by atoms with Crippen LogP contribution in [0.3, 0.4) is 0 Å². The third kappa shape index (κ3) is 2.04. The van der Waals surface area contributed by atoms with Crippen LogP contribution in [0.15, 0.2) is 24.3 Å². The molecule has 2 aliphatic carbocycles. The Bertz CT molecular complexity index is 588. The zero-order chi connectivity index (χ0) is 14.8. The molecule has 0 bridgehead atoms. The molecule has 2 saturated carbocycles. The lowest BCUT2D eigenvalue weighted by Gasteiger charge is -2.24. The lowest BCUT2D eigenvalue weighted by molar-refractivity contribution is -0.137. The maximum absolute atomic E-state index is 12.6. The monoisotopic (exact) mass is 296 g/mol. The average molecular weight is 296 g/mol. The average Bonchev–Trinajstić information content (AvgIpc) is 3.31. The zero-order valence-electron chi connectivity index (χ0n) is 11.3. The highest BCUT2D eigenvalue weighted by Gasteiger charge is 2.61. The lowest BCUT2D eigenvalue weighted by Crippen LogP contribution is -2.33. The predicted molar refractivity (Wildman–Crippen MR) is 69.2 cm³/mol. The van der Waals surface area contributed by atoms with Crippen LogP contribution >= 0.6 is 0 Å². The normalized spacial score (nSPS) is 27.5. The maximum Gasteiger partial charge on any atom is 0.416 e. The van der Waals surface area contributed by atoms with Crippen molar-refractivity contribution < 1.29 is 18.0 Å². The molecule has 3 nitrogen and oxygen atoms in total. The molecule has 1 unspecified atom stereocenters. The van der Waals surface area contributed by atoms with Gasteiger partial charge < -0.3 is 4.90 Å². The second-order valence-corrected chi connectivity index (χ2v) is 6.19. The van der Waals surface area contributed by atoms with E-state index in [4.69, 9.17) is 0 Å². The summed E-state index contributed by atoms with van der Waals surface area (Å²) in [6, 6.07) is 5.38. The highest BCUT2D eigenvalue weighted by molar-refractivity contribution is 5.92. The fourth-order valence-corrected chi connectivity index (χ4v) is 3.07. The first-order chi connectivity index (χ1) is 9.91. The van der Waals surface area contributed by atoms with Crippen LogP contribution in [0.4, 0.5) is 13.2 Å². The van der Waals surface area contributed by atoms with E-state index in [1.807, 2.05) is 4.90 Å². The summed E-state index contributed by atoms with van der Waals surface area (Å²) in [5, 5.41) is 3.33. The Kier molecular flexibility index (Phi) is 2.50. The molecule has 0 aromatic heterocycles. The lowest BCUT2D eigenvalue weighted by atomic mass is 10.1. The van der Waals surface area contributed by atoms with E-state index in [1.54, 1.807) is 0 Å². The van der Waals surface area contributed by atoms with Crippen LogP contribution in [0.1, 0.15) is 43.0 Å². The van der Waals surface area contributed by atoms with Crippen molar-refractivity contribution in [1.82, 2.24) is 10.2 Å². The number of amides is 1. The third-order valence-electron chi connectivity index (χ3n) is 4.58. The van der Waals surface area contributed by atoms with Crippen LogP contribution in [-0.4, -0.2) is 22.4 Å². The molecule has 1 spiro atoms. The van der Waals surface area contributed by atoms with Crippen LogP contribution < -0.4 is 5.32 Å². The highest BCUT2D eigenvalue weighted by Crippen LogP contribution is 2.49. The Morgan fingerprint density at radius 2 is 1.76 bits per heavy atom. The van der Waals surface area contributed by atoms with Gasteiger partial charge in [-0.25, -0.2) is 0 Å². The number of alkyl halides is 3. The topological polar surface area (TPSA) is 32.3 Å². The first kappa shape index (κ1) is 13.1. The van der Waals surface area contributed by atoms with E-state index >= 15 is 0 Å². The summed E-state index contributed by atoms with van der Waals surface area (Å²) in [5.74, 6) is 0.120. The molecule has 1 aromatic carbocycles. The van der Waals surface area contributed by atoms with Crippen LogP contribution in [0.2, 0.25) is 0 Å². The molecular weight excluding hydrogens is 281 g/mol. The minimum absolute atomic E-state index is 0.120. The summed E-state index contributed by atoms with van der Waals surface area (Å²) in [5.41, 5.74) is -0.364. The minimum Gasteiger partial charge on any atom is -0.318 e. The molecule has 1 heterocycles. The van der Waals surface area contributed by atoms with E-state index in [2.05, 4.69) is 5.32 Å². The summed E-state index contributed by atoms with van der Waals surface area (Å²) in [6.45, 7) is 0. The quantitative estimate of drug-likeness (QED) is 0.910. The summed E-state index contributed by atoms with van der Waals surface area (Å²) in [6.07, 6.45) is -0.986. The number of halogens is 3. The van der Waals surface area contributed by atoms with E-state index in [1.165, 1.54) is 12.1 Å². The van der Waals surface area contributed by atoms with Gasteiger partial charge in [0.1, 0.15) is 11.7 Å². The number of hydrogen-bond acceptors (Lipinski definition) is 2. The van der Waals surface area contributed by atoms with E-state index < -0.39 is 17.3 Å². The molecule has 1 saturated heterocycles. The first-order valence-electron chi connectivity index (χ1n) is 7.18. The van der Waals surface area contributed by atoms with Gasteiger partial charge in [-0.3, -0.25) is 10.1 Å². The van der Waals surface area contributed by atoms with Crippen molar-refractivity contribution in [2.45, 2.75) is 49.6 Å². The van der Waals surface area contributed by atoms with Crippen LogP contribution in [0.5, 0.6) is 0 Å². The molecule has 1 amide bonds. The minimum atomic E-state index is -4.33. The van der Waals surface area contributed by atoms with Crippen LogP contribution in [0.25, 0.3) is 0 Å². The smallest absolute Gasteiger partial charge is 0.318 e. The maximum atomic E-state index is 12.6. The van der Waals surface area contributed by atoms with Gasteiger partial charge in [-0.05, 0) is 43.4 Å². The molecule has 1 aromatic rings. The van der Waals surface area contributed by atoms with Gasteiger partial charge in [0.15, 0.2) is 0 Å².